The lowest BCUT2D eigenvalue weighted by Gasteiger charge is -2.18. The summed E-state index contributed by atoms with van der Waals surface area (Å²) in [7, 11) is 0. The average molecular weight is 145 g/mol. The van der Waals surface area contributed by atoms with Crippen LogP contribution in [0.2, 0.25) is 0 Å². The molecule has 0 saturated heterocycles. The third-order valence-electron chi connectivity index (χ3n) is 2.72. The molecule has 0 spiro atoms. The van der Waals surface area contributed by atoms with E-state index in [0.29, 0.717) is 5.41 Å². The maximum Gasteiger partial charge on any atom is -0.0295 e. The molecule has 1 aliphatic rings. The zero-order chi connectivity index (χ0) is 7.90. The van der Waals surface area contributed by atoms with Gasteiger partial charge in [0.15, 0.2) is 0 Å². The van der Waals surface area contributed by atoms with E-state index >= 15 is 0 Å². The van der Waals surface area contributed by atoms with Crippen molar-refractivity contribution in [2.45, 2.75) is 32.1 Å². The molecule has 0 heterocycles. The highest BCUT2D eigenvalue weighted by atomic mass is 14.4. The first-order chi connectivity index (χ1) is 5.22. The van der Waals surface area contributed by atoms with Crippen LogP contribution >= 0.6 is 0 Å². The Labute approximate surface area is 68.3 Å². The third kappa shape index (κ3) is 1.07. The molecule has 0 nitrogen and oxygen atoms in total. The van der Waals surface area contributed by atoms with Crippen LogP contribution in [-0.2, 0) is 5.41 Å². The van der Waals surface area contributed by atoms with Crippen LogP contribution in [0.1, 0.15) is 30.9 Å². The number of hydrogen-bond donors (Lipinski definition) is 0. The highest BCUT2D eigenvalue weighted by molar-refractivity contribution is 5.36. The monoisotopic (exact) mass is 145 g/mol. The van der Waals surface area contributed by atoms with E-state index in [1.165, 1.54) is 24.0 Å². The standard InChI is InChI=1S/C11H13/c1-9-5-3-4-6-10(9)11(2)7-8-11/h4-6H,7-8H2,1-2H3/q-1. The molecule has 0 aromatic heterocycles. The van der Waals surface area contributed by atoms with Gasteiger partial charge < -0.3 is 0 Å². The van der Waals surface area contributed by atoms with Crippen molar-refractivity contribution in [3.8, 4) is 0 Å². The second-order valence-corrected chi connectivity index (χ2v) is 3.80. The molecule has 1 saturated carbocycles. The van der Waals surface area contributed by atoms with Crippen LogP contribution in [0.5, 0.6) is 0 Å². The number of hydrogen-bond acceptors (Lipinski definition) is 0. The highest BCUT2D eigenvalue weighted by Crippen LogP contribution is 2.48. The lowest BCUT2D eigenvalue weighted by molar-refractivity contribution is 0.779. The van der Waals surface area contributed by atoms with E-state index in [1.807, 2.05) is 6.07 Å². The van der Waals surface area contributed by atoms with Crippen molar-refractivity contribution in [1.29, 1.82) is 0 Å². The zero-order valence-corrected chi connectivity index (χ0v) is 7.15. The Kier molecular flexibility index (Phi) is 1.32. The van der Waals surface area contributed by atoms with Gasteiger partial charge in [-0.3, -0.25) is 0 Å². The molecule has 11 heavy (non-hydrogen) atoms. The molecular formula is C11H13-. The van der Waals surface area contributed by atoms with Crippen molar-refractivity contribution in [3.63, 3.8) is 0 Å². The number of rotatable bonds is 1. The first-order valence-corrected chi connectivity index (χ1v) is 4.20. The van der Waals surface area contributed by atoms with Crippen molar-refractivity contribution >= 4 is 0 Å². The molecule has 1 aliphatic carbocycles. The summed E-state index contributed by atoms with van der Waals surface area (Å²) in [6.45, 7) is 4.52. The summed E-state index contributed by atoms with van der Waals surface area (Å²) in [6.07, 6.45) is 2.72. The lowest BCUT2D eigenvalue weighted by atomic mass is 9.94. The van der Waals surface area contributed by atoms with Crippen molar-refractivity contribution < 1.29 is 0 Å². The van der Waals surface area contributed by atoms with Crippen LogP contribution in [0.4, 0.5) is 0 Å². The maximum atomic E-state index is 3.10. The molecule has 58 valence electrons. The summed E-state index contributed by atoms with van der Waals surface area (Å²) >= 11 is 0. The highest BCUT2D eigenvalue weighted by Gasteiger charge is 2.36. The van der Waals surface area contributed by atoms with E-state index in [0.717, 1.165) is 0 Å². The van der Waals surface area contributed by atoms with E-state index in [2.05, 4.69) is 32.0 Å². The summed E-state index contributed by atoms with van der Waals surface area (Å²) in [4.78, 5) is 0. The first kappa shape index (κ1) is 6.90. The Hall–Kier alpha value is -0.780. The summed E-state index contributed by atoms with van der Waals surface area (Å²) in [5.74, 6) is 0. The molecule has 1 aromatic rings. The second-order valence-electron chi connectivity index (χ2n) is 3.80. The molecular weight excluding hydrogens is 132 g/mol. The van der Waals surface area contributed by atoms with Gasteiger partial charge in [-0.2, -0.15) is 29.8 Å². The maximum absolute atomic E-state index is 3.10. The average Bonchev–Trinajstić information content (AvgIpc) is 2.70. The Bertz CT molecular complexity index is 269. The number of benzene rings is 1. The molecule has 0 aliphatic heterocycles. The van der Waals surface area contributed by atoms with Crippen molar-refractivity contribution in [2.75, 3.05) is 0 Å². The van der Waals surface area contributed by atoms with E-state index < -0.39 is 0 Å². The van der Waals surface area contributed by atoms with Crippen LogP contribution in [0.25, 0.3) is 0 Å². The fourth-order valence-electron chi connectivity index (χ4n) is 1.65. The van der Waals surface area contributed by atoms with Gasteiger partial charge in [0, 0.05) is 0 Å². The second kappa shape index (κ2) is 2.10. The van der Waals surface area contributed by atoms with Gasteiger partial charge in [0.05, 0.1) is 0 Å². The van der Waals surface area contributed by atoms with E-state index in [-0.39, 0.29) is 0 Å². The van der Waals surface area contributed by atoms with Crippen LogP contribution in [0.3, 0.4) is 0 Å². The van der Waals surface area contributed by atoms with Crippen molar-refractivity contribution in [2.24, 2.45) is 0 Å². The van der Waals surface area contributed by atoms with Gasteiger partial charge in [-0.15, -0.1) is 5.56 Å². The zero-order valence-electron chi connectivity index (χ0n) is 7.15. The van der Waals surface area contributed by atoms with Crippen molar-refractivity contribution in [1.82, 2.24) is 0 Å². The molecule has 0 bridgehead atoms. The minimum Gasteiger partial charge on any atom is -0.184 e. The Morgan fingerprint density at radius 1 is 1.45 bits per heavy atom. The minimum atomic E-state index is 0.513. The van der Waals surface area contributed by atoms with Crippen LogP contribution in [0, 0.1) is 13.0 Å². The minimum absolute atomic E-state index is 0.513. The van der Waals surface area contributed by atoms with Crippen LogP contribution in [0.15, 0.2) is 18.2 Å². The normalized spacial score (nSPS) is 19.8. The molecule has 1 aromatic carbocycles. The quantitative estimate of drug-likeness (QED) is 0.533. The number of aryl methyl sites for hydroxylation is 1. The topological polar surface area (TPSA) is 0 Å². The smallest absolute Gasteiger partial charge is 0.0295 e. The van der Waals surface area contributed by atoms with Gasteiger partial charge in [-0.25, -0.2) is 0 Å². The van der Waals surface area contributed by atoms with Gasteiger partial charge in [0.2, 0.25) is 0 Å². The fourth-order valence-corrected chi connectivity index (χ4v) is 1.65. The van der Waals surface area contributed by atoms with E-state index in [9.17, 15) is 0 Å². The summed E-state index contributed by atoms with van der Waals surface area (Å²) in [5, 5.41) is 0. The molecule has 0 radical (unpaired) electrons. The molecule has 0 N–H and O–H groups in total. The largest absolute Gasteiger partial charge is 0.184 e. The van der Waals surface area contributed by atoms with Gasteiger partial charge in [0.25, 0.3) is 0 Å². The summed E-state index contributed by atoms with van der Waals surface area (Å²) in [6, 6.07) is 9.41. The summed E-state index contributed by atoms with van der Waals surface area (Å²) < 4.78 is 0. The Morgan fingerprint density at radius 2 is 2.18 bits per heavy atom. The van der Waals surface area contributed by atoms with Gasteiger partial charge in [-0.05, 0) is 18.3 Å². The molecule has 0 heteroatoms. The van der Waals surface area contributed by atoms with Gasteiger partial charge in [0.1, 0.15) is 0 Å². The molecule has 1 fully saturated rings. The first-order valence-electron chi connectivity index (χ1n) is 4.20. The third-order valence-corrected chi connectivity index (χ3v) is 2.72. The van der Waals surface area contributed by atoms with Crippen LogP contribution in [-0.4, -0.2) is 0 Å². The Balaban J connectivity index is 2.45. The molecule has 0 atom stereocenters. The Morgan fingerprint density at radius 3 is 2.73 bits per heavy atom. The predicted molar refractivity (Wildman–Crippen MR) is 46.6 cm³/mol. The van der Waals surface area contributed by atoms with Gasteiger partial charge in [-0.1, -0.05) is 13.8 Å². The van der Waals surface area contributed by atoms with E-state index in [1.54, 1.807) is 0 Å². The van der Waals surface area contributed by atoms with Crippen LogP contribution < -0.4 is 0 Å². The lowest BCUT2D eigenvalue weighted by Crippen LogP contribution is -2.01. The van der Waals surface area contributed by atoms with Crippen molar-refractivity contribution in [3.05, 3.63) is 35.4 Å². The molecule has 0 unspecified atom stereocenters. The van der Waals surface area contributed by atoms with Gasteiger partial charge >= 0.3 is 0 Å². The predicted octanol–water partition coefficient (Wildman–Crippen LogP) is 2.85. The molecule has 2 rings (SSSR count). The fraction of sp³-hybridized carbons (Fsp3) is 0.455. The summed E-state index contributed by atoms with van der Waals surface area (Å²) in [5.41, 5.74) is 3.43. The van der Waals surface area contributed by atoms with E-state index in [4.69, 9.17) is 0 Å². The SMILES string of the molecule is Cc1c[c-]ccc1C1(C)CC1. The molecule has 0 amide bonds.